The third kappa shape index (κ3) is 5.59. The van der Waals surface area contributed by atoms with E-state index in [4.69, 9.17) is 14.9 Å². The number of phosphoric acid groups is 2. The first-order chi connectivity index (χ1) is 16.4. The van der Waals surface area contributed by atoms with Gasteiger partial charge in [-0.25, -0.2) is 24.1 Å². The molecule has 0 aliphatic carbocycles. The van der Waals surface area contributed by atoms with Gasteiger partial charge in [-0.1, -0.05) is 0 Å². The highest BCUT2D eigenvalue weighted by atomic mass is 31.3. The number of hydrogen-bond acceptors (Lipinski definition) is 14. The summed E-state index contributed by atoms with van der Waals surface area (Å²) in [5.41, 5.74) is 6.12. The zero-order valence-electron chi connectivity index (χ0n) is 17.5. The molecular weight excluding hydrogens is 520 g/mol. The Bertz CT molecular complexity index is 1200. The van der Waals surface area contributed by atoms with Crippen LogP contribution in [0.4, 0.5) is 5.82 Å². The van der Waals surface area contributed by atoms with E-state index >= 15 is 0 Å². The highest BCUT2D eigenvalue weighted by Crippen LogP contribution is 2.60. The van der Waals surface area contributed by atoms with Crippen LogP contribution in [0.2, 0.25) is 0 Å². The van der Waals surface area contributed by atoms with Gasteiger partial charge in [0.2, 0.25) is 0 Å². The number of anilines is 1. The van der Waals surface area contributed by atoms with Gasteiger partial charge in [-0.05, 0) is 0 Å². The molecule has 0 saturated carbocycles. The fourth-order valence-corrected chi connectivity index (χ4v) is 5.46. The number of nitrogen functional groups attached to an aromatic ring is 1. The molecule has 2 aliphatic heterocycles. The van der Waals surface area contributed by atoms with E-state index in [0.29, 0.717) is 0 Å². The Hall–Kier alpha value is -1.92. The molecule has 18 nitrogen and oxygen atoms in total. The lowest BCUT2D eigenvalue weighted by atomic mass is 10.1. The maximum Gasteiger partial charge on any atom is 0.481 e. The second-order valence-corrected chi connectivity index (χ2v) is 10.6. The molecule has 2 aromatic rings. The van der Waals surface area contributed by atoms with Crippen LogP contribution in [-0.4, -0.2) is 106 Å². The molecule has 0 spiro atoms. The molecule has 1 fully saturated rings. The van der Waals surface area contributed by atoms with Crippen molar-refractivity contribution in [2.75, 3.05) is 18.9 Å². The van der Waals surface area contributed by atoms with Gasteiger partial charge < -0.3 is 40.7 Å². The van der Waals surface area contributed by atoms with Gasteiger partial charge in [0.05, 0.1) is 12.9 Å². The van der Waals surface area contributed by atoms with E-state index in [9.17, 15) is 39.3 Å². The zero-order chi connectivity index (χ0) is 25.5. The number of aliphatic hydroxyl groups is 4. The Morgan fingerprint density at radius 1 is 1.03 bits per heavy atom. The van der Waals surface area contributed by atoms with Crippen molar-refractivity contribution in [2.45, 2.75) is 42.9 Å². The average Bonchev–Trinajstić information content (AvgIpc) is 3.43. The molecule has 0 radical (unpaired) electrons. The van der Waals surface area contributed by atoms with Crippen LogP contribution in [0.25, 0.3) is 11.2 Å². The summed E-state index contributed by atoms with van der Waals surface area (Å²) >= 11 is 0. The van der Waals surface area contributed by atoms with Crippen LogP contribution in [0.5, 0.6) is 0 Å². The van der Waals surface area contributed by atoms with Crippen LogP contribution in [0.15, 0.2) is 12.7 Å². The van der Waals surface area contributed by atoms with Crippen LogP contribution in [0.3, 0.4) is 0 Å². The maximum atomic E-state index is 12.1. The molecule has 4 heterocycles. The van der Waals surface area contributed by atoms with Crippen LogP contribution in [-0.2, 0) is 31.6 Å². The second kappa shape index (κ2) is 9.85. The van der Waals surface area contributed by atoms with Gasteiger partial charge in [-0.15, -0.1) is 0 Å². The Kier molecular flexibility index (Phi) is 7.36. The molecule has 0 bridgehead atoms. The van der Waals surface area contributed by atoms with E-state index in [0.717, 1.165) is 12.6 Å². The number of ether oxygens (including phenoxy) is 1. The molecule has 2 aliphatic rings. The molecule has 20 heteroatoms. The predicted octanol–water partition coefficient (Wildman–Crippen LogP) is -2.88. The zero-order valence-corrected chi connectivity index (χ0v) is 19.3. The number of hydrogen-bond donors (Lipinski definition) is 7. The molecule has 8 N–H and O–H groups in total. The lowest BCUT2D eigenvalue weighted by molar-refractivity contribution is -0.502. The number of nitrogens with two attached hydrogens (primary N) is 1. The van der Waals surface area contributed by atoms with Crippen molar-refractivity contribution in [3.05, 3.63) is 12.7 Å². The summed E-state index contributed by atoms with van der Waals surface area (Å²) in [5.74, 6) is 0.0685. The highest BCUT2D eigenvalue weighted by molar-refractivity contribution is 7.61. The lowest BCUT2D eigenvalue weighted by Gasteiger charge is -2.19. The minimum Gasteiger partial charge on any atom is -0.387 e. The van der Waals surface area contributed by atoms with E-state index < -0.39 is 71.7 Å². The van der Waals surface area contributed by atoms with Crippen molar-refractivity contribution in [3.8, 4) is 0 Å². The minimum atomic E-state index is -5.25. The van der Waals surface area contributed by atoms with Gasteiger partial charge in [0.25, 0.3) is 0 Å². The van der Waals surface area contributed by atoms with Crippen molar-refractivity contribution < 1.29 is 61.9 Å². The Morgan fingerprint density at radius 2 is 1.71 bits per heavy atom. The van der Waals surface area contributed by atoms with Gasteiger partial charge in [-0.3, -0.25) is 18.0 Å². The summed E-state index contributed by atoms with van der Waals surface area (Å²) < 4.78 is 49.0. The first-order valence-corrected chi connectivity index (χ1v) is 12.8. The number of aromatic nitrogens is 4. The SMILES string of the molecule is Nc1ncnc2c1ncn2C1OC(COP(=O)(O)OP(=O)(O)OC[C@H]2[O+]=C[C@H](O)[C@@H]2O)C(O)C1O. The number of nitrogens with zero attached hydrogens (tertiary/aromatic N) is 4. The Labute approximate surface area is 195 Å². The van der Waals surface area contributed by atoms with Crippen LogP contribution in [0.1, 0.15) is 6.23 Å². The normalized spacial score (nSPS) is 34.3. The highest BCUT2D eigenvalue weighted by Gasteiger charge is 2.47. The molecule has 2 aromatic heterocycles. The smallest absolute Gasteiger partial charge is 0.387 e. The van der Waals surface area contributed by atoms with Gasteiger partial charge in [0.1, 0.15) is 30.2 Å². The number of aliphatic hydroxyl groups excluding tert-OH is 4. The minimum absolute atomic E-state index is 0.0685. The molecule has 6 unspecified atom stereocenters. The monoisotopic (exact) mass is 542 g/mol. The Morgan fingerprint density at radius 3 is 2.37 bits per heavy atom. The summed E-state index contributed by atoms with van der Waals surface area (Å²) in [5, 5.41) is 39.6. The van der Waals surface area contributed by atoms with Gasteiger partial charge in [0.15, 0.2) is 36.5 Å². The first-order valence-electron chi connectivity index (χ1n) is 9.84. The molecule has 0 aromatic carbocycles. The fraction of sp³-hybridized carbons (Fsp3) is 0.600. The molecule has 1 saturated heterocycles. The number of aldehydes is 1. The second-order valence-electron chi connectivity index (χ2n) is 7.53. The quantitative estimate of drug-likeness (QED) is 0.0952. The van der Waals surface area contributed by atoms with Crippen LogP contribution in [0, 0.1) is 0 Å². The summed E-state index contributed by atoms with van der Waals surface area (Å²) in [6, 6.07) is 0. The van der Waals surface area contributed by atoms with E-state index in [1.807, 2.05) is 0 Å². The number of imidazole rings is 1. The third-order valence-electron chi connectivity index (χ3n) is 5.13. The molecule has 194 valence electrons. The fourth-order valence-electron chi connectivity index (χ4n) is 3.37. The number of fused-ring (bicyclic) bond motifs is 1. The first kappa shape index (κ1) is 26.2. The van der Waals surface area contributed by atoms with Crippen molar-refractivity contribution in [1.29, 1.82) is 0 Å². The van der Waals surface area contributed by atoms with Crippen molar-refractivity contribution in [2.24, 2.45) is 0 Å². The lowest BCUT2D eigenvalue weighted by Crippen LogP contribution is -2.34. The molecule has 0 amide bonds. The number of phosphoric ester groups is 2. The third-order valence-corrected chi connectivity index (χ3v) is 7.73. The summed E-state index contributed by atoms with van der Waals surface area (Å²) in [4.78, 5) is 31.3. The summed E-state index contributed by atoms with van der Waals surface area (Å²) in [6.45, 7) is -1.62. The van der Waals surface area contributed by atoms with Gasteiger partial charge in [-0.2, -0.15) is 4.31 Å². The summed E-state index contributed by atoms with van der Waals surface area (Å²) in [7, 11) is -10.5. The number of rotatable bonds is 9. The van der Waals surface area contributed by atoms with E-state index in [1.54, 1.807) is 0 Å². The Balaban J connectivity index is 1.35. The molecular formula is C15H22N5O13P2+. The molecule has 9 atom stereocenters. The van der Waals surface area contributed by atoms with E-state index in [-0.39, 0.29) is 17.0 Å². The predicted molar refractivity (Wildman–Crippen MR) is 110 cm³/mol. The number of carbonyl (C=O) groups excluding carboxylic acids is 1. The van der Waals surface area contributed by atoms with Crippen molar-refractivity contribution in [3.63, 3.8) is 0 Å². The maximum absolute atomic E-state index is 12.1. The molecule has 35 heavy (non-hydrogen) atoms. The largest absolute Gasteiger partial charge is 0.481 e. The van der Waals surface area contributed by atoms with Crippen molar-refractivity contribution >= 4 is 38.9 Å². The standard InChI is InChI=1S/C15H21N5O13P2/c16-13-9-14(18-4-17-13)20(5-19-9)15-12(24)11(23)8(32-15)3-31-35(27,28)33-34(25,26)30-2-7-10(22)6(21)1-29-7/h1,4-8,10-12,15,21-24H,2-3H2,(H3-,16,17,18,25,26,27,28)/p+1/t6-,7+,8?,10-,11?,12?,15?/m0/s1. The summed E-state index contributed by atoms with van der Waals surface area (Å²) in [6.07, 6.45) is -6.54. The van der Waals surface area contributed by atoms with Crippen LogP contribution < -0.4 is 5.73 Å². The van der Waals surface area contributed by atoms with E-state index in [2.05, 4.69) is 28.3 Å². The van der Waals surface area contributed by atoms with Gasteiger partial charge >= 0.3 is 28.0 Å². The van der Waals surface area contributed by atoms with E-state index in [1.165, 1.54) is 10.9 Å². The average molecular weight is 542 g/mol. The van der Waals surface area contributed by atoms with Crippen molar-refractivity contribution in [1.82, 2.24) is 19.5 Å². The van der Waals surface area contributed by atoms with Crippen LogP contribution >= 0.6 is 15.6 Å². The molecule has 4 rings (SSSR count). The van der Waals surface area contributed by atoms with Gasteiger partial charge in [0, 0.05) is 0 Å². The topological polar surface area (TPSA) is 273 Å².